The highest BCUT2D eigenvalue weighted by Crippen LogP contribution is 2.28. The molecule has 0 bridgehead atoms. The van der Waals surface area contributed by atoms with Gasteiger partial charge in [-0.2, -0.15) is 0 Å². The number of hydrogen-bond donors (Lipinski definition) is 1. The summed E-state index contributed by atoms with van der Waals surface area (Å²) in [6, 6.07) is 11.9. The van der Waals surface area contributed by atoms with Gasteiger partial charge in [0.25, 0.3) is 0 Å². The Hall–Kier alpha value is -2.03. The van der Waals surface area contributed by atoms with Crippen molar-refractivity contribution in [3.63, 3.8) is 0 Å². The molecule has 0 spiro atoms. The van der Waals surface area contributed by atoms with E-state index in [2.05, 4.69) is 24.1 Å². The van der Waals surface area contributed by atoms with E-state index in [1.807, 2.05) is 43.3 Å². The van der Waals surface area contributed by atoms with Crippen LogP contribution in [0, 0.1) is 12.8 Å². The van der Waals surface area contributed by atoms with Crippen LogP contribution in [-0.2, 0) is 0 Å². The zero-order chi connectivity index (χ0) is 13.7. The molecule has 2 rings (SSSR count). The van der Waals surface area contributed by atoms with Crippen molar-refractivity contribution in [2.45, 2.75) is 20.8 Å². The van der Waals surface area contributed by atoms with E-state index in [1.165, 1.54) is 0 Å². The third-order valence-electron chi connectivity index (χ3n) is 2.72. The summed E-state index contributed by atoms with van der Waals surface area (Å²) in [6.45, 7) is 7.02. The molecule has 3 nitrogen and oxygen atoms in total. The lowest BCUT2D eigenvalue weighted by Crippen LogP contribution is -2.06. The molecule has 0 fully saturated rings. The number of rotatable bonds is 5. The molecule has 0 aliphatic carbocycles. The Bertz CT molecular complexity index is 538. The summed E-state index contributed by atoms with van der Waals surface area (Å²) >= 11 is 0. The molecule has 0 aliphatic heterocycles. The van der Waals surface area contributed by atoms with Gasteiger partial charge >= 0.3 is 0 Å². The SMILES string of the molecule is Cc1cccnc1Nc1ccccc1OCC(C)C. The average molecular weight is 256 g/mol. The van der Waals surface area contributed by atoms with Crippen LogP contribution in [-0.4, -0.2) is 11.6 Å². The van der Waals surface area contributed by atoms with Crippen molar-refractivity contribution in [2.24, 2.45) is 5.92 Å². The summed E-state index contributed by atoms with van der Waals surface area (Å²) in [6.07, 6.45) is 1.78. The van der Waals surface area contributed by atoms with Crippen molar-refractivity contribution >= 4 is 11.5 Å². The fraction of sp³-hybridized carbons (Fsp3) is 0.312. The van der Waals surface area contributed by atoms with Gasteiger partial charge in [0.15, 0.2) is 0 Å². The maximum atomic E-state index is 5.82. The Labute approximate surface area is 114 Å². The Morgan fingerprint density at radius 1 is 1.16 bits per heavy atom. The smallest absolute Gasteiger partial charge is 0.142 e. The second-order valence-corrected chi connectivity index (χ2v) is 4.99. The first-order chi connectivity index (χ1) is 9.16. The van der Waals surface area contributed by atoms with Crippen LogP contribution < -0.4 is 10.1 Å². The third-order valence-corrected chi connectivity index (χ3v) is 2.72. The fourth-order valence-corrected chi connectivity index (χ4v) is 1.70. The Kier molecular flexibility index (Phi) is 4.39. The van der Waals surface area contributed by atoms with Crippen molar-refractivity contribution < 1.29 is 4.74 Å². The molecule has 0 saturated carbocycles. The summed E-state index contributed by atoms with van der Waals surface area (Å²) in [5.41, 5.74) is 2.06. The molecule has 1 heterocycles. The first kappa shape index (κ1) is 13.4. The first-order valence-corrected chi connectivity index (χ1v) is 6.57. The van der Waals surface area contributed by atoms with E-state index in [9.17, 15) is 0 Å². The number of anilines is 2. The van der Waals surface area contributed by atoms with Gasteiger partial charge in [0.2, 0.25) is 0 Å². The van der Waals surface area contributed by atoms with Gasteiger partial charge in [-0.25, -0.2) is 4.98 Å². The average Bonchev–Trinajstić information content (AvgIpc) is 2.40. The van der Waals surface area contributed by atoms with Crippen LogP contribution in [0.4, 0.5) is 11.5 Å². The Morgan fingerprint density at radius 2 is 1.95 bits per heavy atom. The highest BCUT2D eigenvalue weighted by atomic mass is 16.5. The molecule has 0 radical (unpaired) electrons. The highest BCUT2D eigenvalue weighted by molar-refractivity contribution is 5.65. The van der Waals surface area contributed by atoms with Gasteiger partial charge in [0.1, 0.15) is 11.6 Å². The van der Waals surface area contributed by atoms with Crippen LogP contribution in [0.1, 0.15) is 19.4 Å². The number of para-hydroxylation sites is 2. The molecule has 0 saturated heterocycles. The minimum atomic E-state index is 0.504. The lowest BCUT2D eigenvalue weighted by molar-refractivity contribution is 0.272. The van der Waals surface area contributed by atoms with Crippen LogP contribution in [0.3, 0.4) is 0 Å². The zero-order valence-corrected chi connectivity index (χ0v) is 11.7. The van der Waals surface area contributed by atoms with Crippen LogP contribution in [0.5, 0.6) is 5.75 Å². The second-order valence-electron chi connectivity index (χ2n) is 4.99. The standard InChI is InChI=1S/C16H20N2O/c1-12(2)11-19-15-9-5-4-8-14(15)18-16-13(3)7-6-10-17-16/h4-10,12H,11H2,1-3H3,(H,17,18). The van der Waals surface area contributed by atoms with Crippen molar-refractivity contribution in [2.75, 3.05) is 11.9 Å². The van der Waals surface area contributed by atoms with Crippen molar-refractivity contribution in [1.82, 2.24) is 4.98 Å². The predicted octanol–water partition coefficient (Wildman–Crippen LogP) is 4.17. The zero-order valence-electron chi connectivity index (χ0n) is 11.7. The predicted molar refractivity (Wildman–Crippen MR) is 79.0 cm³/mol. The highest BCUT2D eigenvalue weighted by Gasteiger charge is 2.06. The van der Waals surface area contributed by atoms with Gasteiger partial charge in [-0.1, -0.05) is 32.0 Å². The Balaban J connectivity index is 2.18. The van der Waals surface area contributed by atoms with Crippen LogP contribution >= 0.6 is 0 Å². The minimum absolute atomic E-state index is 0.504. The van der Waals surface area contributed by atoms with Gasteiger partial charge in [0, 0.05) is 6.20 Å². The number of ether oxygens (including phenoxy) is 1. The number of pyridine rings is 1. The number of aromatic nitrogens is 1. The van der Waals surface area contributed by atoms with E-state index in [0.717, 1.165) is 22.8 Å². The molecule has 1 aromatic heterocycles. The van der Waals surface area contributed by atoms with Gasteiger partial charge in [-0.3, -0.25) is 0 Å². The molecule has 100 valence electrons. The molecule has 0 amide bonds. The van der Waals surface area contributed by atoms with Crippen LogP contribution in [0.15, 0.2) is 42.6 Å². The molecule has 3 heteroatoms. The van der Waals surface area contributed by atoms with E-state index >= 15 is 0 Å². The molecular formula is C16H20N2O. The second kappa shape index (κ2) is 6.23. The number of nitrogens with one attached hydrogen (secondary N) is 1. The monoisotopic (exact) mass is 256 g/mol. The molecule has 0 unspecified atom stereocenters. The summed E-state index contributed by atoms with van der Waals surface area (Å²) in [5, 5.41) is 3.33. The quantitative estimate of drug-likeness (QED) is 0.871. The van der Waals surface area contributed by atoms with Crippen LogP contribution in [0.2, 0.25) is 0 Å². The molecule has 2 aromatic rings. The molecule has 19 heavy (non-hydrogen) atoms. The van der Waals surface area contributed by atoms with E-state index in [1.54, 1.807) is 6.20 Å². The maximum Gasteiger partial charge on any atom is 0.142 e. The third kappa shape index (κ3) is 3.71. The number of hydrogen-bond acceptors (Lipinski definition) is 3. The topological polar surface area (TPSA) is 34.2 Å². The van der Waals surface area contributed by atoms with E-state index < -0.39 is 0 Å². The fourth-order valence-electron chi connectivity index (χ4n) is 1.70. The van der Waals surface area contributed by atoms with Gasteiger partial charge < -0.3 is 10.1 Å². The van der Waals surface area contributed by atoms with Gasteiger partial charge in [-0.15, -0.1) is 0 Å². The largest absolute Gasteiger partial charge is 0.491 e. The van der Waals surface area contributed by atoms with Crippen molar-refractivity contribution in [3.8, 4) is 5.75 Å². The summed E-state index contributed by atoms with van der Waals surface area (Å²) in [7, 11) is 0. The summed E-state index contributed by atoms with van der Waals surface area (Å²) in [5.74, 6) is 2.23. The lowest BCUT2D eigenvalue weighted by Gasteiger charge is -2.14. The van der Waals surface area contributed by atoms with E-state index in [-0.39, 0.29) is 0 Å². The Morgan fingerprint density at radius 3 is 2.68 bits per heavy atom. The van der Waals surface area contributed by atoms with E-state index in [0.29, 0.717) is 12.5 Å². The van der Waals surface area contributed by atoms with E-state index in [4.69, 9.17) is 4.74 Å². The summed E-state index contributed by atoms with van der Waals surface area (Å²) < 4.78 is 5.82. The summed E-state index contributed by atoms with van der Waals surface area (Å²) in [4.78, 5) is 4.34. The number of aryl methyl sites for hydroxylation is 1. The molecule has 0 atom stereocenters. The normalized spacial score (nSPS) is 10.5. The van der Waals surface area contributed by atoms with Gasteiger partial charge in [0.05, 0.1) is 12.3 Å². The minimum Gasteiger partial charge on any atom is -0.491 e. The molecule has 1 aromatic carbocycles. The first-order valence-electron chi connectivity index (χ1n) is 6.57. The lowest BCUT2D eigenvalue weighted by atomic mass is 10.2. The van der Waals surface area contributed by atoms with Crippen molar-refractivity contribution in [3.05, 3.63) is 48.2 Å². The number of benzene rings is 1. The van der Waals surface area contributed by atoms with Crippen molar-refractivity contribution in [1.29, 1.82) is 0 Å². The maximum absolute atomic E-state index is 5.82. The van der Waals surface area contributed by atoms with Gasteiger partial charge in [-0.05, 0) is 36.6 Å². The number of nitrogens with zero attached hydrogens (tertiary/aromatic N) is 1. The van der Waals surface area contributed by atoms with Crippen LogP contribution in [0.25, 0.3) is 0 Å². The molecule has 0 aliphatic rings. The molecular weight excluding hydrogens is 236 g/mol. The molecule has 1 N–H and O–H groups in total.